The molecule has 0 amide bonds. The van der Waals surface area contributed by atoms with Crippen LogP contribution in [0, 0.1) is 11.8 Å². The molecule has 1 fully saturated rings. The van der Waals surface area contributed by atoms with Crippen LogP contribution in [0.3, 0.4) is 0 Å². The Labute approximate surface area is 130 Å². The van der Waals surface area contributed by atoms with Crippen molar-refractivity contribution in [2.45, 2.75) is 59.7 Å². The van der Waals surface area contributed by atoms with Crippen LogP contribution in [0.1, 0.15) is 52.2 Å². The van der Waals surface area contributed by atoms with Crippen molar-refractivity contribution in [2.24, 2.45) is 11.8 Å². The average Bonchev–Trinajstić information content (AvgIpc) is 2.85. The Bertz CT molecular complexity index is 445. The lowest BCUT2D eigenvalue weighted by Gasteiger charge is -2.23. The molecule has 2 heteroatoms. The Morgan fingerprint density at radius 2 is 1.86 bits per heavy atom. The molecule has 0 saturated carbocycles. The molecule has 1 heterocycles. The molecule has 0 aliphatic carbocycles. The van der Waals surface area contributed by atoms with E-state index in [2.05, 4.69) is 69.1 Å². The molecule has 21 heavy (non-hydrogen) atoms. The van der Waals surface area contributed by atoms with Crippen LogP contribution in [-0.2, 0) is 13.1 Å². The van der Waals surface area contributed by atoms with Crippen LogP contribution < -0.4 is 5.32 Å². The fourth-order valence-electron chi connectivity index (χ4n) is 3.04. The van der Waals surface area contributed by atoms with Crippen molar-refractivity contribution >= 4 is 0 Å². The Hall–Kier alpha value is -0.860. The van der Waals surface area contributed by atoms with Gasteiger partial charge in [-0.05, 0) is 56.7 Å². The van der Waals surface area contributed by atoms with Crippen LogP contribution in [0.2, 0.25) is 0 Å². The molecule has 1 N–H and O–H groups in total. The number of hydrogen-bond donors (Lipinski definition) is 1. The van der Waals surface area contributed by atoms with Crippen LogP contribution in [0.4, 0.5) is 0 Å². The second-order valence-electron chi connectivity index (χ2n) is 7.90. The topological polar surface area (TPSA) is 15.3 Å². The van der Waals surface area contributed by atoms with E-state index in [1.807, 2.05) is 0 Å². The van der Waals surface area contributed by atoms with Gasteiger partial charge in [-0.1, -0.05) is 38.1 Å². The highest BCUT2D eigenvalue weighted by molar-refractivity contribution is 5.27. The normalized spacial score (nSPS) is 20.4. The maximum atomic E-state index is 3.61. The fourth-order valence-corrected chi connectivity index (χ4v) is 3.04. The van der Waals surface area contributed by atoms with Crippen molar-refractivity contribution < 1.29 is 0 Å². The van der Waals surface area contributed by atoms with Gasteiger partial charge in [0.05, 0.1) is 0 Å². The van der Waals surface area contributed by atoms with Crippen LogP contribution in [0.25, 0.3) is 0 Å². The number of nitrogens with one attached hydrogen (secondary N) is 1. The highest BCUT2D eigenvalue weighted by Gasteiger charge is 2.25. The third kappa shape index (κ3) is 5.12. The number of likely N-dealkylation sites (tertiary alicyclic amines) is 1. The predicted octanol–water partition coefficient (Wildman–Crippen LogP) is 4.05. The lowest BCUT2D eigenvalue weighted by molar-refractivity contribution is 0.295. The van der Waals surface area contributed by atoms with E-state index in [0.29, 0.717) is 0 Å². The smallest absolute Gasteiger partial charge is 0.0237 e. The summed E-state index contributed by atoms with van der Waals surface area (Å²) >= 11 is 0. The molecule has 0 aromatic heterocycles. The van der Waals surface area contributed by atoms with Gasteiger partial charge in [0.15, 0.2) is 0 Å². The Morgan fingerprint density at radius 3 is 2.43 bits per heavy atom. The summed E-state index contributed by atoms with van der Waals surface area (Å²) in [5.74, 6) is 1.69. The maximum absolute atomic E-state index is 3.61. The first-order valence-electron chi connectivity index (χ1n) is 8.39. The number of rotatable bonds is 5. The molecule has 118 valence electrons. The molecule has 1 unspecified atom stereocenters. The van der Waals surface area contributed by atoms with Crippen LogP contribution >= 0.6 is 0 Å². The van der Waals surface area contributed by atoms with E-state index in [1.165, 1.54) is 30.6 Å². The number of benzene rings is 1. The molecule has 0 radical (unpaired) electrons. The highest BCUT2D eigenvalue weighted by Crippen LogP contribution is 2.25. The highest BCUT2D eigenvalue weighted by atomic mass is 15.1. The molecule has 1 saturated heterocycles. The first-order chi connectivity index (χ1) is 9.85. The predicted molar refractivity (Wildman–Crippen MR) is 91.3 cm³/mol. The van der Waals surface area contributed by atoms with E-state index < -0.39 is 0 Å². The van der Waals surface area contributed by atoms with E-state index in [1.54, 1.807) is 0 Å². The minimum Gasteiger partial charge on any atom is -0.308 e. The van der Waals surface area contributed by atoms with Gasteiger partial charge in [0.25, 0.3) is 0 Å². The van der Waals surface area contributed by atoms with E-state index in [0.717, 1.165) is 24.9 Å². The molecular formula is C19H32N2. The maximum Gasteiger partial charge on any atom is 0.0237 e. The zero-order valence-corrected chi connectivity index (χ0v) is 14.4. The van der Waals surface area contributed by atoms with Gasteiger partial charge in [-0.25, -0.2) is 0 Å². The third-order valence-electron chi connectivity index (χ3n) is 4.57. The molecule has 1 aliphatic heterocycles. The molecule has 2 rings (SSSR count). The van der Waals surface area contributed by atoms with Crippen molar-refractivity contribution in [3.63, 3.8) is 0 Å². The molecular weight excluding hydrogens is 256 g/mol. The third-order valence-corrected chi connectivity index (χ3v) is 4.57. The van der Waals surface area contributed by atoms with Crippen molar-refractivity contribution in [1.29, 1.82) is 0 Å². The largest absolute Gasteiger partial charge is 0.308 e. The van der Waals surface area contributed by atoms with Gasteiger partial charge in [0.2, 0.25) is 0 Å². The molecule has 2 nitrogen and oxygen atoms in total. The summed E-state index contributed by atoms with van der Waals surface area (Å²) in [5, 5.41) is 3.61. The van der Waals surface area contributed by atoms with Gasteiger partial charge in [-0.2, -0.15) is 0 Å². The van der Waals surface area contributed by atoms with E-state index in [9.17, 15) is 0 Å². The summed E-state index contributed by atoms with van der Waals surface area (Å²) < 4.78 is 0. The number of nitrogens with zero attached hydrogens (tertiary/aromatic N) is 1. The summed E-state index contributed by atoms with van der Waals surface area (Å²) in [5.41, 5.74) is 3.10. The second kappa shape index (κ2) is 6.93. The van der Waals surface area contributed by atoms with Gasteiger partial charge in [0.1, 0.15) is 0 Å². The van der Waals surface area contributed by atoms with Gasteiger partial charge in [-0.15, -0.1) is 0 Å². The Balaban J connectivity index is 1.97. The minimum absolute atomic E-state index is 0.170. The van der Waals surface area contributed by atoms with Gasteiger partial charge < -0.3 is 5.32 Å². The monoisotopic (exact) mass is 288 g/mol. The zero-order chi connectivity index (χ0) is 15.5. The lowest BCUT2D eigenvalue weighted by atomic mass is 9.95. The van der Waals surface area contributed by atoms with E-state index in [4.69, 9.17) is 0 Å². The molecule has 1 atom stereocenters. The molecule has 1 aromatic rings. The van der Waals surface area contributed by atoms with Crippen LogP contribution in [0.15, 0.2) is 24.3 Å². The fraction of sp³-hybridized carbons (Fsp3) is 0.684. The summed E-state index contributed by atoms with van der Waals surface area (Å²) in [6.45, 7) is 16.0. The standard InChI is InChI=1S/C19H32N2/c1-15(2)17-10-11-21(13-17)14-18-9-7-6-8-16(18)12-20-19(3,4)5/h6-9,15,17,20H,10-14H2,1-5H3. The SMILES string of the molecule is CC(C)C1CCN(Cc2ccccc2CNC(C)(C)C)C1. The van der Waals surface area contributed by atoms with Crippen molar-refractivity contribution in [2.75, 3.05) is 13.1 Å². The van der Waals surface area contributed by atoms with Crippen molar-refractivity contribution in [3.8, 4) is 0 Å². The summed E-state index contributed by atoms with van der Waals surface area (Å²) in [7, 11) is 0. The van der Waals surface area contributed by atoms with Gasteiger partial charge >= 0.3 is 0 Å². The Kier molecular flexibility index (Phi) is 5.45. The molecule has 0 bridgehead atoms. The van der Waals surface area contributed by atoms with E-state index in [-0.39, 0.29) is 5.54 Å². The van der Waals surface area contributed by atoms with Crippen LogP contribution in [-0.4, -0.2) is 23.5 Å². The second-order valence-corrected chi connectivity index (χ2v) is 7.90. The quantitative estimate of drug-likeness (QED) is 0.879. The minimum atomic E-state index is 0.170. The van der Waals surface area contributed by atoms with Crippen LogP contribution in [0.5, 0.6) is 0 Å². The van der Waals surface area contributed by atoms with Gasteiger partial charge in [0, 0.05) is 25.2 Å². The number of hydrogen-bond acceptors (Lipinski definition) is 2. The lowest BCUT2D eigenvalue weighted by Crippen LogP contribution is -2.35. The summed E-state index contributed by atoms with van der Waals surface area (Å²) in [6.07, 6.45) is 1.36. The van der Waals surface area contributed by atoms with Gasteiger partial charge in [-0.3, -0.25) is 4.90 Å². The Morgan fingerprint density at radius 1 is 1.19 bits per heavy atom. The van der Waals surface area contributed by atoms with E-state index >= 15 is 0 Å². The first kappa shape index (κ1) is 16.5. The zero-order valence-electron chi connectivity index (χ0n) is 14.4. The average molecular weight is 288 g/mol. The summed E-state index contributed by atoms with van der Waals surface area (Å²) in [6, 6.07) is 8.89. The molecule has 0 spiro atoms. The molecule has 1 aliphatic rings. The first-order valence-corrected chi connectivity index (χ1v) is 8.39. The van der Waals surface area contributed by atoms with Crippen molar-refractivity contribution in [3.05, 3.63) is 35.4 Å². The molecule has 1 aromatic carbocycles. The van der Waals surface area contributed by atoms with Crippen molar-refractivity contribution in [1.82, 2.24) is 10.2 Å². The summed E-state index contributed by atoms with van der Waals surface area (Å²) in [4.78, 5) is 2.63.